The third-order valence-electron chi connectivity index (χ3n) is 4.24. The molecule has 1 aromatic carbocycles. The summed E-state index contributed by atoms with van der Waals surface area (Å²) in [5, 5.41) is 2.03. The molecule has 0 saturated heterocycles. The maximum atomic E-state index is 8.27. The van der Waals surface area contributed by atoms with Gasteiger partial charge in [-0.2, -0.15) is 0 Å². The molecule has 4 nitrogen and oxygen atoms in total. The van der Waals surface area contributed by atoms with Crippen LogP contribution in [0.2, 0.25) is 0 Å². The minimum atomic E-state index is -0.778. The summed E-state index contributed by atoms with van der Waals surface area (Å²) in [5.41, 5.74) is 3.44. The third kappa shape index (κ3) is 2.01. The highest BCUT2D eigenvalue weighted by Gasteiger charge is 2.29. The largest absolute Gasteiger partial charge is 0.435 e. The summed E-state index contributed by atoms with van der Waals surface area (Å²) in [7, 11) is 0. The van der Waals surface area contributed by atoms with E-state index in [2.05, 4.69) is 24.0 Å². The van der Waals surface area contributed by atoms with Gasteiger partial charge in [0.25, 0.3) is 0 Å². The van der Waals surface area contributed by atoms with Gasteiger partial charge in [0, 0.05) is 35.4 Å². The normalized spacial score (nSPS) is 16.8. The number of furan rings is 1. The molecule has 4 heteroatoms. The van der Waals surface area contributed by atoms with E-state index in [9.17, 15) is 0 Å². The van der Waals surface area contributed by atoms with Gasteiger partial charge in [0.2, 0.25) is 5.71 Å². The Morgan fingerprint density at radius 3 is 2.78 bits per heavy atom. The summed E-state index contributed by atoms with van der Waals surface area (Å²) in [4.78, 5) is 8.14. The Balaban J connectivity index is 1.91. The molecule has 0 amide bonds. The molecule has 0 aliphatic carbocycles. The van der Waals surface area contributed by atoms with Crippen LogP contribution in [0.1, 0.15) is 20.8 Å². The van der Waals surface area contributed by atoms with Crippen LogP contribution in [0.5, 0.6) is 0 Å². The van der Waals surface area contributed by atoms with Gasteiger partial charge >= 0.3 is 0 Å². The second-order valence-corrected chi connectivity index (χ2v) is 5.97. The van der Waals surface area contributed by atoms with E-state index in [1.807, 2.05) is 55.1 Å². The second kappa shape index (κ2) is 5.01. The highest BCUT2D eigenvalue weighted by Crippen LogP contribution is 2.40. The molecule has 23 heavy (non-hydrogen) atoms. The Morgan fingerprint density at radius 1 is 1.22 bits per heavy atom. The predicted octanol–water partition coefficient (Wildman–Crippen LogP) is 4.61. The maximum absolute atomic E-state index is 8.27. The van der Waals surface area contributed by atoms with Gasteiger partial charge in [-0.15, -0.1) is 0 Å². The Kier molecular flexibility index (Phi) is 2.83. The average molecular weight is 306 g/mol. The van der Waals surface area contributed by atoms with Crippen molar-refractivity contribution in [2.45, 2.75) is 26.8 Å². The van der Waals surface area contributed by atoms with Gasteiger partial charge in [0.05, 0.1) is 7.06 Å². The number of hydrogen-bond donors (Lipinski definition) is 0. The number of anilines is 1. The van der Waals surface area contributed by atoms with E-state index in [0.717, 1.165) is 33.8 Å². The Hall–Kier alpha value is -2.49. The van der Waals surface area contributed by atoms with Crippen molar-refractivity contribution in [3.63, 3.8) is 0 Å². The number of aromatic nitrogens is 1. The first-order valence-corrected chi connectivity index (χ1v) is 7.60. The maximum Gasteiger partial charge on any atom is 0.227 e. The van der Waals surface area contributed by atoms with E-state index in [1.165, 1.54) is 0 Å². The molecular weight excluding hydrogens is 286 g/mol. The van der Waals surface area contributed by atoms with Crippen molar-refractivity contribution in [3.05, 3.63) is 61.5 Å². The van der Waals surface area contributed by atoms with Crippen LogP contribution in [0.3, 0.4) is 0 Å². The first kappa shape index (κ1) is 13.0. The van der Waals surface area contributed by atoms with Gasteiger partial charge in [-0.05, 0) is 45.4 Å². The van der Waals surface area contributed by atoms with E-state index in [4.69, 9.17) is 5.79 Å². The van der Waals surface area contributed by atoms with Crippen molar-refractivity contribution in [1.29, 1.82) is 0 Å². The number of aryl methyl sites for hydroxylation is 1. The third-order valence-corrected chi connectivity index (χ3v) is 4.24. The van der Waals surface area contributed by atoms with Crippen LogP contribution in [0.25, 0.3) is 22.1 Å². The minimum Gasteiger partial charge on any atom is -0.435 e. The molecule has 1 aliphatic heterocycles. The fraction of sp³-hybridized carbons (Fsp3) is 0.211. The lowest BCUT2D eigenvalue weighted by Gasteiger charge is -2.31. The van der Waals surface area contributed by atoms with Gasteiger partial charge in [-0.25, -0.2) is 4.98 Å². The van der Waals surface area contributed by atoms with Crippen molar-refractivity contribution >= 4 is 27.8 Å². The van der Waals surface area contributed by atoms with Gasteiger partial charge in [0.15, 0.2) is 11.7 Å². The number of pyridine rings is 1. The Bertz CT molecular complexity index is 954. The molecule has 0 spiro atoms. The van der Waals surface area contributed by atoms with Crippen LogP contribution >= 0.6 is 0 Å². The highest BCUT2D eigenvalue weighted by atomic mass is 16.3. The van der Waals surface area contributed by atoms with Crippen LogP contribution in [-0.2, 0) is 0 Å². The molecule has 116 valence electrons. The van der Waals surface area contributed by atoms with Gasteiger partial charge in [-0.1, -0.05) is 12.1 Å². The van der Waals surface area contributed by atoms with Crippen LogP contribution in [0.15, 0.2) is 47.3 Å². The first-order chi connectivity index (χ1) is 11.4. The Morgan fingerprint density at radius 2 is 2.04 bits per heavy atom. The van der Waals surface area contributed by atoms with Crippen LogP contribution < -0.4 is 4.90 Å². The SMILES string of the molecule is [2H]C(C)(C)N1C=CN(c2c(C)ccc3c2oc2ncccc23)[C]1[CH2]. The van der Waals surface area contributed by atoms with E-state index in [0.29, 0.717) is 5.71 Å². The topological polar surface area (TPSA) is 32.5 Å². The fourth-order valence-corrected chi connectivity index (χ4v) is 3.09. The minimum absolute atomic E-state index is 0.630. The molecule has 3 heterocycles. The monoisotopic (exact) mass is 306 g/mol. The Labute approximate surface area is 137 Å². The predicted molar refractivity (Wildman–Crippen MR) is 93.4 cm³/mol. The zero-order valence-electron chi connectivity index (χ0n) is 14.5. The number of hydrogen-bond acceptors (Lipinski definition) is 4. The summed E-state index contributed by atoms with van der Waals surface area (Å²) >= 11 is 0. The summed E-state index contributed by atoms with van der Waals surface area (Å²) in [6.45, 7) is 9.90. The van der Waals surface area contributed by atoms with Crippen molar-refractivity contribution < 1.29 is 5.79 Å². The fourth-order valence-electron chi connectivity index (χ4n) is 3.09. The molecule has 0 bridgehead atoms. The molecule has 0 atom stereocenters. The van der Waals surface area contributed by atoms with Crippen LogP contribution in [-0.4, -0.2) is 15.9 Å². The lowest BCUT2D eigenvalue weighted by atomic mass is 10.1. The number of rotatable bonds is 2. The molecule has 0 N–H and O–H groups in total. The second-order valence-electron chi connectivity index (χ2n) is 5.97. The summed E-state index contributed by atoms with van der Waals surface area (Å²) in [5.74, 6) is 0. The van der Waals surface area contributed by atoms with Crippen LogP contribution in [0, 0.1) is 20.0 Å². The average Bonchev–Trinajstić information content (AvgIpc) is 3.07. The molecule has 2 radical (unpaired) electrons. The quantitative estimate of drug-likeness (QED) is 0.692. The molecular formula is C19H19N3O. The van der Waals surface area contributed by atoms with Crippen molar-refractivity contribution in [1.82, 2.24) is 9.88 Å². The molecule has 0 saturated carbocycles. The molecule has 3 aromatic rings. The summed E-state index contributed by atoms with van der Waals surface area (Å²) < 4.78 is 14.3. The number of benzene rings is 1. The molecule has 1 aliphatic rings. The molecule has 0 fully saturated rings. The molecule has 0 unspecified atom stereocenters. The van der Waals surface area contributed by atoms with Crippen molar-refractivity contribution in [2.75, 3.05) is 4.90 Å². The molecule has 2 aromatic heterocycles. The summed E-state index contributed by atoms with van der Waals surface area (Å²) in [6.07, 6.45) is 6.28. The lowest BCUT2D eigenvalue weighted by Crippen LogP contribution is -2.33. The van der Waals surface area contributed by atoms with Gasteiger partial charge in [0.1, 0.15) is 0 Å². The molecule has 4 rings (SSSR count). The number of nitrogens with zero attached hydrogens (tertiary/aromatic N) is 3. The zero-order chi connectivity index (χ0) is 17.1. The van der Waals surface area contributed by atoms with Crippen molar-refractivity contribution in [2.24, 2.45) is 0 Å². The van der Waals surface area contributed by atoms with Crippen molar-refractivity contribution in [3.8, 4) is 0 Å². The van der Waals surface area contributed by atoms with E-state index < -0.39 is 6.02 Å². The van der Waals surface area contributed by atoms with E-state index >= 15 is 0 Å². The highest BCUT2D eigenvalue weighted by molar-refractivity contribution is 6.08. The first-order valence-electron chi connectivity index (χ1n) is 8.10. The van der Waals surface area contributed by atoms with E-state index in [1.54, 1.807) is 6.20 Å². The number of fused-ring (bicyclic) bond motifs is 3. The lowest BCUT2D eigenvalue weighted by molar-refractivity contribution is 0.353. The van der Waals surface area contributed by atoms with Gasteiger partial charge in [-0.3, -0.25) is 0 Å². The standard InChI is InChI=1S/C19H19N3O/c1-12(2)21-10-11-22(14(21)4)17-13(3)7-8-15-16-6-5-9-20-19(16)23-18(15)17/h5-12H,4H2,1-3H3/i12D. The zero-order valence-corrected chi connectivity index (χ0v) is 13.5. The summed E-state index contributed by atoms with van der Waals surface area (Å²) in [6, 6.07) is 7.29. The van der Waals surface area contributed by atoms with E-state index in [-0.39, 0.29) is 0 Å². The van der Waals surface area contributed by atoms with Gasteiger partial charge < -0.3 is 14.2 Å². The smallest absolute Gasteiger partial charge is 0.227 e. The van der Waals surface area contributed by atoms with Crippen LogP contribution in [0.4, 0.5) is 5.69 Å².